The molecule has 0 bridgehead atoms. The molecule has 4 heteroatoms. The Kier molecular flexibility index (Phi) is 3.99. The molecule has 0 spiro atoms. The van der Waals surface area contributed by atoms with Crippen LogP contribution in [0.4, 0.5) is 0 Å². The van der Waals surface area contributed by atoms with Gasteiger partial charge in [0.25, 0.3) is 0 Å². The number of nitrogens with two attached hydrogens (primary N) is 1. The number of amides is 1. The first-order chi connectivity index (χ1) is 10.3. The van der Waals surface area contributed by atoms with E-state index in [9.17, 15) is 4.79 Å². The van der Waals surface area contributed by atoms with Crippen LogP contribution in [0.3, 0.4) is 0 Å². The summed E-state index contributed by atoms with van der Waals surface area (Å²) in [7, 11) is 0. The Morgan fingerprint density at radius 3 is 2.57 bits per heavy atom. The summed E-state index contributed by atoms with van der Waals surface area (Å²) >= 11 is 1.63. The van der Waals surface area contributed by atoms with E-state index in [0.29, 0.717) is 6.54 Å². The summed E-state index contributed by atoms with van der Waals surface area (Å²) in [5, 5.41) is 6.36. The van der Waals surface area contributed by atoms with Crippen molar-refractivity contribution in [1.82, 2.24) is 5.32 Å². The molecule has 3 aromatic rings. The van der Waals surface area contributed by atoms with E-state index in [4.69, 9.17) is 5.73 Å². The molecule has 3 rings (SSSR count). The molecule has 1 heterocycles. The lowest BCUT2D eigenvalue weighted by Gasteiger charge is -2.15. The second-order valence-corrected chi connectivity index (χ2v) is 5.80. The molecule has 1 unspecified atom stereocenters. The van der Waals surface area contributed by atoms with Gasteiger partial charge in [0.15, 0.2) is 0 Å². The number of primary amides is 1. The molecule has 0 saturated heterocycles. The van der Waals surface area contributed by atoms with Crippen molar-refractivity contribution in [2.24, 2.45) is 5.73 Å². The smallest absolute Gasteiger partial charge is 0.239 e. The molecular weight excluding hydrogens is 280 g/mol. The van der Waals surface area contributed by atoms with E-state index >= 15 is 0 Å². The number of nitrogens with one attached hydrogen (secondary N) is 1. The highest BCUT2D eigenvalue weighted by Gasteiger charge is 2.20. The minimum absolute atomic E-state index is 0.352. The van der Waals surface area contributed by atoms with Gasteiger partial charge in [-0.05, 0) is 28.0 Å². The van der Waals surface area contributed by atoms with Crippen LogP contribution in [0.2, 0.25) is 0 Å². The number of hydrogen-bond donors (Lipinski definition) is 2. The van der Waals surface area contributed by atoms with Crippen LogP contribution in [-0.4, -0.2) is 5.91 Å². The monoisotopic (exact) mass is 296 g/mol. The van der Waals surface area contributed by atoms with Crippen molar-refractivity contribution >= 4 is 27.3 Å². The van der Waals surface area contributed by atoms with Crippen molar-refractivity contribution in [2.45, 2.75) is 12.6 Å². The van der Waals surface area contributed by atoms with Gasteiger partial charge < -0.3 is 5.73 Å². The maximum absolute atomic E-state index is 11.8. The minimum Gasteiger partial charge on any atom is -0.368 e. The number of carbonyl (C=O) groups excluding carboxylic acids is 1. The second kappa shape index (κ2) is 6.08. The third-order valence-corrected chi connectivity index (χ3v) is 4.44. The highest BCUT2D eigenvalue weighted by molar-refractivity contribution is 7.17. The van der Waals surface area contributed by atoms with Gasteiger partial charge in [-0.15, -0.1) is 11.3 Å². The number of fused-ring (bicyclic) bond motifs is 1. The second-order valence-electron chi connectivity index (χ2n) is 4.89. The summed E-state index contributed by atoms with van der Waals surface area (Å²) in [5.41, 5.74) is 7.67. The average Bonchev–Trinajstić information content (AvgIpc) is 2.92. The van der Waals surface area contributed by atoms with E-state index in [2.05, 4.69) is 11.4 Å². The first-order valence-electron chi connectivity index (χ1n) is 6.78. The lowest BCUT2D eigenvalue weighted by Crippen LogP contribution is -2.33. The predicted molar refractivity (Wildman–Crippen MR) is 87.0 cm³/mol. The van der Waals surface area contributed by atoms with E-state index in [1.165, 1.54) is 4.70 Å². The molecule has 0 fully saturated rings. The van der Waals surface area contributed by atoms with Gasteiger partial charge in [0.05, 0.1) is 0 Å². The maximum atomic E-state index is 11.8. The zero-order valence-electron chi connectivity index (χ0n) is 11.5. The summed E-state index contributed by atoms with van der Waals surface area (Å²) in [6, 6.07) is 17.6. The third kappa shape index (κ3) is 2.96. The van der Waals surface area contributed by atoms with Gasteiger partial charge in [-0.2, -0.15) is 0 Å². The van der Waals surface area contributed by atoms with Crippen LogP contribution in [0.1, 0.15) is 17.2 Å². The summed E-state index contributed by atoms with van der Waals surface area (Å²) in [4.78, 5) is 11.8. The molecule has 3 nitrogen and oxygen atoms in total. The average molecular weight is 296 g/mol. The van der Waals surface area contributed by atoms with Crippen LogP contribution in [0, 0.1) is 0 Å². The van der Waals surface area contributed by atoms with Crippen molar-refractivity contribution in [2.75, 3.05) is 0 Å². The van der Waals surface area contributed by atoms with Crippen LogP contribution in [0.5, 0.6) is 0 Å². The molecule has 0 radical (unpaired) electrons. The van der Waals surface area contributed by atoms with Crippen LogP contribution < -0.4 is 11.1 Å². The molecule has 3 N–H and O–H groups in total. The van der Waals surface area contributed by atoms with Crippen molar-refractivity contribution in [3.63, 3.8) is 0 Å². The van der Waals surface area contributed by atoms with Gasteiger partial charge in [-0.1, -0.05) is 48.5 Å². The Balaban J connectivity index is 1.86. The van der Waals surface area contributed by atoms with Crippen molar-refractivity contribution in [3.05, 3.63) is 71.1 Å². The Bertz CT molecular complexity index is 752. The minimum atomic E-state index is -0.471. The SMILES string of the molecule is NC(=O)C(NCc1ccccc1)c1csc2ccccc12. The fourth-order valence-electron chi connectivity index (χ4n) is 2.40. The highest BCUT2D eigenvalue weighted by Crippen LogP contribution is 2.30. The molecule has 1 aromatic heterocycles. The van der Waals surface area contributed by atoms with Crippen LogP contribution >= 0.6 is 11.3 Å². The van der Waals surface area contributed by atoms with Crippen LogP contribution in [0.25, 0.3) is 10.1 Å². The largest absolute Gasteiger partial charge is 0.368 e. The quantitative estimate of drug-likeness (QED) is 0.759. The van der Waals surface area contributed by atoms with E-state index < -0.39 is 6.04 Å². The van der Waals surface area contributed by atoms with Gasteiger partial charge in [-0.3, -0.25) is 10.1 Å². The summed E-state index contributed by atoms with van der Waals surface area (Å²) in [5.74, 6) is -0.352. The number of carbonyl (C=O) groups is 1. The Morgan fingerprint density at radius 2 is 1.81 bits per heavy atom. The number of benzene rings is 2. The molecule has 1 amide bonds. The van der Waals surface area contributed by atoms with Gasteiger partial charge in [0.1, 0.15) is 6.04 Å². The van der Waals surface area contributed by atoms with E-state index in [1.807, 2.05) is 53.9 Å². The molecule has 2 aromatic carbocycles. The highest BCUT2D eigenvalue weighted by atomic mass is 32.1. The topological polar surface area (TPSA) is 55.1 Å². The fourth-order valence-corrected chi connectivity index (χ4v) is 3.39. The summed E-state index contributed by atoms with van der Waals surface area (Å²) in [6.45, 7) is 0.610. The molecule has 21 heavy (non-hydrogen) atoms. The Hall–Kier alpha value is -2.17. The first-order valence-corrected chi connectivity index (χ1v) is 7.66. The fraction of sp³-hybridized carbons (Fsp3) is 0.118. The lowest BCUT2D eigenvalue weighted by molar-refractivity contribution is -0.120. The molecule has 0 aliphatic rings. The molecule has 0 saturated carbocycles. The molecule has 0 aliphatic heterocycles. The zero-order valence-corrected chi connectivity index (χ0v) is 12.3. The van der Waals surface area contributed by atoms with Crippen molar-refractivity contribution in [3.8, 4) is 0 Å². The Morgan fingerprint density at radius 1 is 1.10 bits per heavy atom. The van der Waals surface area contributed by atoms with Gasteiger partial charge >= 0.3 is 0 Å². The first kappa shape index (κ1) is 13.8. The molecular formula is C17H16N2OS. The summed E-state index contributed by atoms with van der Waals surface area (Å²) < 4.78 is 1.17. The zero-order chi connectivity index (χ0) is 14.7. The molecule has 1 atom stereocenters. The molecule has 106 valence electrons. The van der Waals surface area contributed by atoms with Gasteiger partial charge in [0.2, 0.25) is 5.91 Å². The van der Waals surface area contributed by atoms with Crippen LogP contribution in [-0.2, 0) is 11.3 Å². The number of rotatable bonds is 5. The molecule has 0 aliphatic carbocycles. The van der Waals surface area contributed by atoms with E-state index in [0.717, 1.165) is 16.5 Å². The van der Waals surface area contributed by atoms with Gasteiger partial charge in [0, 0.05) is 11.2 Å². The third-order valence-electron chi connectivity index (χ3n) is 3.46. The van der Waals surface area contributed by atoms with Gasteiger partial charge in [-0.25, -0.2) is 0 Å². The van der Waals surface area contributed by atoms with Crippen LogP contribution in [0.15, 0.2) is 60.0 Å². The van der Waals surface area contributed by atoms with E-state index in [-0.39, 0.29) is 5.91 Å². The maximum Gasteiger partial charge on any atom is 0.239 e. The Labute approximate surface area is 127 Å². The number of thiophene rings is 1. The number of hydrogen-bond acceptors (Lipinski definition) is 3. The normalized spacial score (nSPS) is 12.4. The van der Waals surface area contributed by atoms with Crippen molar-refractivity contribution < 1.29 is 4.79 Å². The lowest BCUT2D eigenvalue weighted by atomic mass is 10.0. The van der Waals surface area contributed by atoms with E-state index in [1.54, 1.807) is 11.3 Å². The van der Waals surface area contributed by atoms with Crippen molar-refractivity contribution in [1.29, 1.82) is 0 Å². The standard InChI is InChI=1S/C17H16N2OS/c18-17(20)16(19-10-12-6-2-1-3-7-12)14-11-21-15-9-5-4-8-13(14)15/h1-9,11,16,19H,10H2,(H2,18,20). The predicted octanol–water partition coefficient (Wildman–Crippen LogP) is 3.22. The summed E-state index contributed by atoms with van der Waals surface area (Å²) in [6.07, 6.45) is 0.